The van der Waals surface area contributed by atoms with Crippen molar-refractivity contribution in [3.63, 3.8) is 0 Å². The molecule has 2 N–H and O–H groups in total. The molecule has 164 valence electrons. The molecule has 1 saturated heterocycles. The molecule has 5 nitrogen and oxygen atoms in total. The van der Waals surface area contributed by atoms with E-state index in [4.69, 9.17) is 9.73 Å². The highest BCUT2D eigenvalue weighted by Gasteiger charge is 2.19. The van der Waals surface area contributed by atoms with Crippen LogP contribution in [0.4, 0.5) is 0 Å². The molecule has 2 fully saturated rings. The fourth-order valence-corrected chi connectivity index (χ4v) is 4.02. The molecule has 28 heavy (non-hydrogen) atoms. The average Bonchev–Trinajstić information content (AvgIpc) is 2.95. The van der Waals surface area contributed by atoms with Crippen molar-refractivity contribution in [3.8, 4) is 0 Å². The fourth-order valence-electron chi connectivity index (χ4n) is 4.02. The van der Waals surface area contributed by atoms with Crippen molar-refractivity contribution < 1.29 is 4.74 Å². The molecule has 0 radical (unpaired) electrons. The van der Waals surface area contributed by atoms with E-state index in [1.165, 1.54) is 51.4 Å². The van der Waals surface area contributed by atoms with Crippen LogP contribution in [0.5, 0.6) is 0 Å². The molecule has 0 aromatic heterocycles. The molecule has 0 aromatic carbocycles. The highest BCUT2D eigenvalue weighted by Crippen LogP contribution is 2.20. The average molecular weight is 507 g/mol. The van der Waals surface area contributed by atoms with E-state index in [2.05, 4.69) is 29.0 Å². The van der Waals surface area contributed by atoms with Gasteiger partial charge in [-0.3, -0.25) is 9.89 Å². The van der Waals surface area contributed by atoms with Crippen molar-refractivity contribution in [2.45, 2.75) is 83.3 Å². The minimum Gasteiger partial charge on any atom is -0.378 e. The second-order valence-corrected chi connectivity index (χ2v) is 7.96. The standard InChI is InChI=1S/C22H42N4O.HI/c1-3-16-26-17-13-20(14-18-26)25-22(23-4-2)24-15-9-10-19-27-21-11-7-5-6-8-12-21;/h3,20-21H,1,4-19H2,2H3,(H2,23,24,25);1H. The first-order chi connectivity index (χ1) is 13.3. The Labute approximate surface area is 190 Å². The highest BCUT2D eigenvalue weighted by molar-refractivity contribution is 14.0. The fraction of sp³-hybridized carbons (Fsp3) is 0.864. The number of piperidine rings is 1. The summed E-state index contributed by atoms with van der Waals surface area (Å²) >= 11 is 0. The Balaban J connectivity index is 0.00000392. The number of halogens is 1. The zero-order chi connectivity index (χ0) is 19.2. The van der Waals surface area contributed by atoms with Crippen molar-refractivity contribution in [2.75, 3.05) is 39.3 Å². The molecule has 1 aliphatic heterocycles. The smallest absolute Gasteiger partial charge is 0.191 e. The maximum Gasteiger partial charge on any atom is 0.191 e. The van der Waals surface area contributed by atoms with Gasteiger partial charge in [0.2, 0.25) is 0 Å². The molecule has 1 saturated carbocycles. The van der Waals surface area contributed by atoms with Gasteiger partial charge in [0.25, 0.3) is 0 Å². The van der Waals surface area contributed by atoms with Crippen LogP contribution in [0, 0.1) is 0 Å². The van der Waals surface area contributed by atoms with E-state index in [1.54, 1.807) is 0 Å². The SMILES string of the molecule is C=CCN1CCC(NC(=NCCCCOC2CCCCCC2)NCC)CC1.I. The lowest BCUT2D eigenvalue weighted by Crippen LogP contribution is -2.48. The Morgan fingerprint density at radius 1 is 1.11 bits per heavy atom. The molecule has 1 aliphatic carbocycles. The number of nitrogens with one attached hydrogen (secondary N) is 2. The summed E-state index contributed by atoms with van der Waals surface area (Å²) in [7, 11) is 0. The number of guanidine groups is 1. The normalized spacial score (nSPS) is 20.2. The van der Waals surface area contributed by atoms with Gasteiger partial charge in [-0.2, -0.15) is 0 Å². The maximum atomic E-state index is 6.08. The minimum absolute atomic E-state index is 0. The lowest BCUT2D eigenvalue weighted by molar-refractivity contribution is 0.0413. The Morgan fingerprint density at radius 2 is 1.82 bits per heavy atom. The highest BCUT2D eigenvalue weighted by atomic mass is 127. The summed E-state index contributed by atoms with van der Waals surface area (Å²) in [5, 5.41) is 7.02. The van der Waals surface area contributed by atoms with Gasteiger partial charge in [-0.1, -0.05) is 31.8 Å². The number of nitrogens with zero attached hydrogens (tertiary/aromatic N) is 2. The molecule has 0 spiro atoms. The maximum absolute atomic E-state index is 6.08. The predicted molar refractivity (Wildman–Crippen MR) is 131 cm³/mol. The topological polar surface area (TPSA) is 48.9 Å². The summed E-state index contributed by atoms with van der Waals surface area (Å²) in [5.41, 5.74) is 0. The number of ether oxygens (including phenoxy) is 1. The van der Waals surface area contributed by atoms with Crippen molar-refractivity contribution in [2.24, 2.45) is 4.99 Å². The molecule has 6 heteroatoms. The Morgan fingerprint density at radius 3 is 2.46 bits per heavy atom. The molecule has 2 aliphatic rings. The summed E-state index contributed by atoms with van der Waals surface area (Å²) < 4.78 is 6.08. The van der Waals surface area contributed by atoms with Crippen LogP contribution in [0.25, 0.3) is 0 Å². The molecule has 0 atom stereocenters. The van der Waals surface area contributed by atoms with Crippen LogP contribution >= 0.6 is 24.0 Å². The van der Waals surface area contributed by atoms with Crippen LogP contribution in [-0.2, 0) is 4.74 Å². The van der Waals surface area contributed by atoms with Crippen molar-refractivity contribution >= 4 is 29.9 Å². The zero-order valence-corrected chi connectivity index (χ0v) is 20.3. The number of hydrogen-bond acceptors (Lipinski definition) is 3. The van der Waals surface area contributed by atoms with Gasteiger partial charge in [-0.15, -0.1) is 30.6 Å². The molecular weight excluding hydrogens is 463 g/mol. The van der Waals surface area contributed by atoms with Crippen LogP contribution in [-0.4, -0.2) is 62.3 Å². The quantitative estimate of drug-likeness (QED) is 0.116. The number of rotatable bonds is 10. The lowest BCUT2D eigenvalue weighted by Gasteiger charge is -2.32. The van der Waals surface area contributed by atoms with Crippen LogP contribution in [0.15, 0.2) is 17.6 Å². The van der Waals surface area contributed by atoms with Gasteiger partial charge in [0.05, 0.1) is 6.10 Å². The van der Waals surface area contributed by atoms with Crippen LogP contribution in [0.3, 0.4) is 0 Å². The number of aliphatic imine (C=N–C) groups is 1. The second kappa shape index (κ2) is 16.5. The monoisotopic (exact) mass is 506 g/mol. The van der Waals surface area contributed by atoms with Crippen LogP contribution in [0.1, 0.15) is 71.1 Å². The van der Waals surface area contributed by atoms with Gasteiger partial charge in [-0.05, 0) is 45.4 Å². The van der Waals surface area contributed by atoms with Crippen molar-refractivity contribution in [1.82, 2.24) is 15.5 Å². The largest absolute Gasteiger partial charge is 0.378 e. The lowest BCUT2D eigenvalue weighted by atomic mass is 10.1. The molecule has 0 aromatic rings. The Kier molecular flexibility index (Phi) is 15.1. The molecule has 0 bridgehead atoms. The third kappa shape index (κ3) is 11.0. The van der Waals surface area contributed by atoms with Gasteiger partial charge in [0.15, 0.2) is 5.96 Å². The summed E-state index contributed by atoms with van der Waals surface area (Å²) in [5.74, 6) is 0.976. The van der Waals surface area contributed by atoms with E-state index < -0.39 is 0 Å². The van der Waals surface area contributed by atoms with E-state index in [0.717, 1.165) is 58.1 Å². The van der Waals surface area contributed by atoms with Crippen molar-refractivity contribution in [1.29, 1.82) is 0 Å². The molecule has 1 heterocycles. The van der Waals surface area contributed by atoms with Gasteiger partial charge in [-0.25, -0.2) is 0 Å². The first kappa shape index (κ1) is 25.7. The molecule has 0 amide bonds. The van der Waals surface area contributed by atoms with Gasteiger partial charge in [0, 0.05) is 45.4 Å². The summed E-state index contributed by atoms with van der Waals surface area (Å²) in [4.78, 5) is 7.23. The Bertz CT molecular complexity index is 417. The predicted octanol–water partition coefficient (Wildman–Crippen LogP) is 4.33. The number of unbranched alkanes of at least 4 members (excludes halogenated alkanes) is 1. The second-order valence-electron chi connectivity index (χ2n) is 7.96. The first-order valence-electron chi connectivity index (χ1n) is 11.3. The van der Waals surface area contributed by atoms with Gasteiger partial charge >= 0.3 is 0 Å². The number of likely N-dealkylation sites (tertiary alicyclic amines) is 1. The molecule has 0 unspecified atom stereocenters. The van der Waals surface area contributed by atoms with E-state index in [9.17, 15) is 0 Å². The summed E-state index contributed by atoms with van der Waals surface area (Å²) in [6.07, 6.45) is 15.1. The van der Waals surface area contributed by atoms with E-state index in [1.807, 2.05) is 6.08 Å². The van der Waals surface area contributed by atoms with E-state index in [-0.39, 0.29) is 24.0 Å². The van der Waals surface area contributed by atoms with Crippen LogP contribution < -0.4 is 10.6 Å². The first-order valence-corrected chi connectivity index (χ1v) is 11.3. The number of hydrogen-bond donors (Lipinski definition) is 2. The zero-order valence-electron chi connectivity index (χ0n) is 18.0. The third-order valence-corrected chi connectivity index (χ3v) is 5.64. The summed E-state index contributed by atoms with van der Waals surface area (Å²) in [6.45, 7) is 11.9. The Hall–Kier alpha value is -0.340. The minimum atomic E-state index is 0. The van der Waals surface area contributed by atoms with Gasteiger partial charge in [0.1, 0.15) is 0 Å². The van der Waals surface area contributed by atoms with E-state index in [0.29, 0.717) is 12.1 Å². The van der Waals surface area contributed by atoms with Crippen LogP contribution in [0.2, 0.25) is 0 Å². The van der Waals surface area contributed by atoms with E-state index >= 15 is 0 Å². The summed E-state index contributed by atoms with van der Waals surface area (Å²) in [6, 6.07) is 0.530. The third-order valence-electron chi connectivity index (χ3n) is 5.64. The van der Waals surface area contributed by atoms with Gasteiger partial charge < -0.3 is 15.4 Å². The van der Waals surface area contributed by atoms with Crippen molar-refractivity contribution in [3.05, 3.63) is 12.7 Å². The molecule has 2 rings (SSSR count). The molecular formula is C22H43IN4O.